The van der Waals surface area contributed by atoms with Crippen molar-refractivity contribution in [1.82, 2.24) is 9.36 Å². The molecule has 1 aromatic carbocycles. The van der Waals surface area contributed by atoms with Crippen molar-refractivity contribution in [2.45, 2.75) is 18.9 Å². The molecule has 2 rings (SSSR count). The van der Waals surface area contributed by atoms with Gasteiger partial charge in [-0.3, -0.25) is 0 Å². The van der Waals surface area contributed by atoms with Gasteiger partial charge in [-0.05, 0) is 29.2 Å². The van der Waals surface area contributed by atoms with Crippen LogP contribution in [0.4, 0.5) is 0 Å². The first-order valence-corrected chi connectivity index (χ1v) is 6.88. The van der Waals surface area contributed by atoms with E-state index in [1.807, 2.05) is 24.3 Å². The molecule has 0 amide bonds. The van der Waals surface area contributed by atoms with Crippen LogP contribution in [0.2, 0.25) is 0 Å². The van der Waals surface area contributed by atoms with Gasteiger partial charge in [-0.25, -0.2) is 4.98 Å². The van der Waals surface area contributed by atoms with E-state index in [2.05, 4.69) is 9.36 Å². The highest BCUT2D eigenvalue weighted by molar-refractivity contribution is 7.05. The maximum Gasteiger partial charge on any atom is 0.146 e. The van der Waals surface area contributed by atoms with Crippen LogP contribution in [-0.4, -0.2) is 29.1 Å². The van der Waals surface area contributed by atoms with E-state index >= 15 is 0 Å². The topological polar surface area (TPSA) is 87.0 Å². The molecule has 0 aliphatic carbocycles. The Balaban J connectivity index is 1.98. The molecule has 0 saturated heterocycles. The Morgan fingerprint density at radius 1 is 1.32 bits per heavy atom. The van der Waals surface area contributed by atoms with Crippen molar-refractivity contribution >= 4 is 11.5 Å². The number of methoxy groups -OCH3 is 1. The van der Waals surface area contributed by atoms with Gasteiger partial charge in [-0.1, -0.05) is 12.1 Å². The molecular weight excluding hydrogens is 260 g/mol. The van der Waals surface area contributed by atoms with Gasteiger partial charge in [0, 0.05) is 25.4 Å². The zero-order valence-corrected chi connectivity index (χ0v) is 11.7. The quantitative estimate of drug-likeness (QED) is 0.822. The lowest BCUT2D eigenvalue weighted by molar-refractivity contribution is 0.414. The van der Waals surface area contributed by atoms with Gasteiger partial charge in [0.15, 0.2) is 0 Å². The Labute approximate surface area is 116 Å². The minimum atomic E-state index is -0.0400. The minimum absolute atomic E-state index is 0.0400. The van der Waals surface area contributed by atoms with Gasteiger partial charge in [-0.15, -0.1) is 0 Å². The summed E-state index contributed by atoms with van der Waals surface area (Å²) in [5.74, 6) is 1.68. The second-order valence-electron chi connectivity index (χ2n) is 4.33. The van der Waals surface area contributed by atoms with Crippen molar-refractivity contribution in [3.8, 4) is 5.75 Å². The molecule has 102 valence electrons. The highest BCUT2D eigenvalue weighted by atomic mass is 32.1. The molecule has 0 radical (unpaired) electrons. The Kier molecular flexibility index (Phi) is 4.84. The zero-order chi connectivity index (χ0) is 13.7. The number of benzene rings is 1. The van der Waals surface area contributed by atoms with E-state index in [1.54, 1.807) is 7.11 Å². The first kappa shape index (κ1) is 13.9. The molecule has 1 heterocycles. The number of hydrogen-bond acceptors (Lipinski definition) is 6. The molecule has 4 N–H and O–H groups in total. The van der Waals surface area contributed by atoms with E-state index in [4.69, 9.17) is 16.2 Å². The second-order valence-corrected chi connectivity index (χ2v) is 5.17. The zero-order valence-electron chi connectivity index (χ0n) is 10.9. The molecule has 0 spiro atoms. The molecule has 0 saturated carbocycles. The molecule has 0 aliphatic heterocycles. The van der Waals surface area contributed by atoms with E-state index in [0.29, 0.717) is 13.0 Å². The van der Waals surface area contributed by atoms with E-state index in [-0.39, 0.29) is 6.04 Å². The normalized spacial score (nSPS) is 12.4. The first-order chi connectivity index (χ1) is 9.21. The summed E-state index contributed by atoms with van der Waals surface area (Å²) in [5.41, 5.74) is 12.5. The monoisotopic (exact) mass is 278 g/mol. The summed E-state index contributed by atoms with van der Waals surface area (Å²) in [6.45, 7) is 0.466. The molecule has 6 heteroatoms. The predicted molar refractivity (Wildman–Crippen MR) is 76.4 cm³/mol. The van der Waals surface area contributed by atoms with E-state index in [1.165, 1.54) is 11.5 Å². The van der Waals surface area contributed by atoms with Crippen LogP contribution in [-0.2, 0) is 12.8 Å². The van der Waals surface area contributed by atoms with Crippen molar-refractivity contribution in [3.05, 3.63) is 40.7 Å². The average Bonchev–Trinajstić information content (AvgIpc) is 2.86. The van der Waals surface area contributed by atoms with Crippen molar-refractivity contribution in [2.75, 3.05) is 13.7 Å². The number of nitrogens with zero attached hydrogens (tertiary/aromatic N) is 2. The molecule has 2 aromatic rings. The molecule has 19 heavy (non-hydrogen) atoms. The fraction of sp³-hybridized carbons (Fsp3) is 0.385. The van der Waals surface area contributed by atoms with Crippen molar-refractivity contribution in [3.63, 3.8) is 0 Å². The van der Waals surface area contributed by atoms with E-state index in [9.17, 15) is 0 Å². The Morgan fingerprint density at radius 3 is 2.68 bits per heavy atom. The highest BCUT2D eigenvalue weighted by Crippen LogP contribution is 2.15. The van der Waals surface area contributed by atoms with Gasteiger partial charge in [-0.2, -0.15) is 4.37 Å². The number of rotatable bonds is 6. The first-order valence-electron chi connectivity index (χ1n) is 6.11. The van der Waals surface area contributed by atoms with E-state index in [0.717, 1.165) is 28.6 Å². The SMILES string of the molecule is COc1ccc(Cc2nsc(CC(N)CN)n2)cc1. The van der Waals surface area contributed by atoms with Crippen LogP contribution in [0.5, 0.6) is 5.75 Å². The summed E-state index contributed by atoms with van der Waals surface area (Å²) in [5, 5.41) is 0.946. The van der Waals surface area contributed by atoms with Crippen LogP contribution in [0, 0.1) is 0 Å². The molecule has 5 nitrogen and oxygen atoms in total. The Morgan fingerprint density at radius 2 is 2.05 bits per heavy atom. The summed E-state index contributed by atoms with van der Waals surface area (Å²) in [7, 11) is 1.66. The van der Waals surface area contributed by atoms with Crippen LogP contribution in [0.15, 0.2) is 24.3 Å². The third-order valence-electron chi connectivity index (χ3n) is 2.77. The summed E-state index contributed by atoms with van der Waals surface area (Å²) in [6.07, 6.45) is 1.41. The maximum absolute atomic E-state index is 5.80. The third kappa shape index (κ3) is 3.99. The van der Waals surface area contributed by atoms with Gasteiger partial charge in [0.25, 0.3) is 0 Å². The van der Waals surface area contributed by atoms with Gasteiger partial charge >= 0.3 is 0 Å². The molecule has 1 aromatic heterocycles. The number of nitrogens with two attached hydrogens (primary N) is 2. The Bertz CT molecular complexity index is 512. The summed E-state index contributed by atoms with van der Waals surface area (Å²) in [6, 6.07) is 7.87. The van der Waals surface area contributed by atoms with Gasteiger partial charge in [0.2, 0.25) is 0 Å². The smallest absolute Gasteiger partial charge is 0.146 e. The second kappa shape index (κ2) is 6.60. The van der Waals surface area contributed by atoms with Crippen LogP contribution >= 0.6 is 11.5 Å². The van der Waals surface area contributed by atoms with Crippen LogP contribution < -0.4 is 16.2 Å². The van der Waals surface area contributed by atoms with Crippen LogP contribution in [0.3, 0.4) is 0 Å². The van der Waals surface area contributed by atoms with Gasteiger partial charge < -0.3 is 16.2 Å². The predicted octanol–water partition coefficient (Wildman–Crippen LogP) is 0.966. The maximum atomic E-state index is 5.80. The lowest BCUT2D eigenvalue weighted by atomic mass is 10.1. The van der Waals surface area contributed by atoms with Gasteiger partial charge in [0.05, 0.1) is 7.11 Å². The number of ether oxygens (including phenoxy) is 1. The minimum Gasteiger partial charge on any atom is -0.497 e. The van der Waals surface area contributed by atoms with Crippen LogP contribution in [0.1, 0.15) is 16.4 Å². The Hall–Kier alpha value is -1.50. The van der Waals surface area contributed by atoms with Crippen molar-refractivity contribution < 1.29 is 4.74 Å². The summed E-state index contributed by atoms with van der Waals surface area (Å²) < 4.78 is 9.47. The standard InChI is InChI=1S/C13H18N4OS/c1-18-11-4-2-9(3-5-11)6-12-16-13(19-17-12)7-10(15)8-14/h2-5,10H,6-8,14-15H2,1H3. The fourth-order valence-electron chi connectivity index (χ4n) is 1.68. The van der Waals surface area contributed by atoms with Crippen LogP contribution in [0.25, 0.3) is 0 Å². The largest absolute Gasteiger partial charge is 0.497 e. The molecule has 0 aliphatic rings. The summed E-state index contributed by atoms with van der Waals surface area (Å²) >= 11 is 1.40. The molecule has 1 unspecified atom stereocenters. The summed E-state index contributed by atoms with van der Waals surface area (Å²) in [4.78, 5) is 4.48. The van der Waals surface area contributed by atoms with Crippen molar-refractivity contribution in [1.29, 1.82) is 0 Å². The number of hydrogen-bond donors (Lipinski definition) is 2. The third-order valence-corrected chi connectivity index (χ3v) is 3.54. The highest BCUT2D eigenvalue weighted by Gasteiger charge is 2.08. The van der Waals surface area contributed by atoms with E-state index < -0.39 is 0 Å². The molecule has 1 atom stereocenters. The lowest BCUT2D eigenvalue weighted by Crippen LogP contribution is -2.31. The van der Waals surface area contributed by atoms with Crippen molar-refractivity contribution in [2.24, 2.45) is 11.5 Å². The van der Waals surface area contributed by atoms with Gasteiger partial charge in [0.1, 0.15) is 16.6 Å². The average molecular weight is 278 g/mol. The fourth-order valence-corrected chi connectivity index (χ4v) is 2.43. The number of aromatic nitrogens is 2. The molecular formula is C13H18N4OS. The molecule has 0 fully saturated rings. The lowest BCUT2D eigenvalue weighted by Gasteiger charge is -2.03. The molecule has 0 bridgehead atoms.